The van der Waals surface area contributed by atoms with E-state index in [1.807, 2.05) is 54.6 Å². The summed E-state index contributed by atoms with van der Waals surface area (Å²) in [4.78, 5) is 25.3. The fourth-order valence-electron chi connectivity index (χ4n) is 3.99. The smallest absolute Gasteiger partial charge is 0.330 e. The van der Waals surface area contributed by atoms with Gasteiger partial charge in [-0.05, 0) is 34.7 Å². The molecule has 2 N–H and O–H groups in total. The Labute approximate surface area is 171 Å². The van der Waals surface area contributed by atoms with Crippen molar-refractivity contribution in [1.29, 1.82) is 0 Å². The third kappa shape index (κ3) is 3.81. The molecule has 4 nitrogen and oxygen atoms in total. The van der Waals surface area contributed by atoms with Crippen LogP contribution in [-0.2, 0) is 24.1 Å². The minimum atomic E-state index is -1.34. The molecule has 4 rings (SSSR count). The molecule has 0 aromatic heterocycles. The Morgan fingerprint density at radius 1 is 0.931 bits per heavy atom. The largest absolute Gasteiger partial charge is 0.479 e. The molecule has 0 unspecified atom stereocenters. The number of carbonyl (C=O) groups excluding carboxylic acids is 1. The highest BCUT2D eigenvalue weighted by atomic mass is 16.4. The number of hydrogen-bond acceptors (Lipinski definition) is 2. The summed E-state index contributed by atoms with van der Waals surface area (Å²) in [6.07, 6.45) is 1.08. The second kappa shape index (κ2) is 7.59. The second-order valence-corrected chi connectivity index (χ2v) is 7.54. The summed E-state index contributed by atoms with van der Waals surface area (Å²) in [6.45, 7) is 0. The maximum absolute atomic E-state index is 13.2. The van der Waals surface area contributed by atoms with Crippen molar-refractivity contribution in [2.24, 2.45) is 0 Å². The zero-order valence-corrected chi connectivity index (χ0v) is 15.9. The molecule has 3 aromatic rings. The summed E-state index contributed by atoms with van der Waals surface area (Å²) >= 11 is 0. The number of rotatable bonds is 5. The van der Waals surface area contributed by atoms with Gasteiger partial charge in [0.25, 0.3) is 5.91 Å². The van der Waals surface area contributed by atoms with Crippen LogP contribution < -0.4 is 10.8 Å². The van der Waals surface area contributed by atoms with Gasteiger partial charge in [0.15, 0.2) is 0 Å². The van der Waals surface area contributed by atoms with Crippen LogP contribution in [0.15, 0.2) is 72.8 Å². The van der Waals surface area contributed by atoms with E-state index in [2.05, 4.69) is 5.32 Å². The molecule has 0 bridgehead atoms. The van der Waals surface area contributed by atoms with Crippen molar-refractivity contribution in [1.82, 2.24) is 5.32 Å². The first-order chi connectivity index (χ1) is 14.0. The number of hydrogen-bond donors (Lipinski definition) is 2. The number of carboxylic acid groups (broad SMARTS) is 1. The lowest BCUT2D eigenvalue weighted by molar-refractivity contribution is -0.144. The fourth-order valence-corrected chi connectivity index (χ4v) is 3.99. The van der Waals surface area contributed by atoms with Gasteiger partial charge in [0.2, 0.25) is 0 Å². The van der Waals surface area contributed by atoms with Crippen LogP contribution in [0, 0.1) is 0 Å². The number of nitrogens with one attached hydrogen (secondary N) is 1. The fraction of sp³-hybridized carbons (Fsp3) is 0.167. The Hall–Kier alpha value is -3.34. The van der Waals surface area contributed by atoms with E-state index in [1.165, 1.54) is 0 Å². The zero-order valence-electron chi connectivity index (χ0n) is 15.9. The van der Waals surface area contributed by atoms with E-state index >= 15 is 0 Å². The van der Waals surface area contributed by atoms with Crippen molar-refractivity contribution >= 4 is 25.2 Å². The summed E-state index contributed by atoms with van der Waals surface area (Å²) in [5.41, 5.74) is 3.40. The van der Waals surface area contributed by atoms with E-state index in [4.69, 9.17) is 7.85 Å². The molecule has 0 saturated heterocycles. The number of amides is 1. The monoisotopic (exact) mass is 381 g/mol. The first kappa shape index (κ1) is 19.0. The number of carbonyl (C=O) groups is 2. The topological polar surface area (TPSA) is 66.4 Å². The molecule has 5 heteroatoms. The van der Waals surface area contributed by atoms with Crippen LogP contribution in [0.5, 0.6) is 0 Å². The Bertz CT molecular complexity index is 1050. The molecule has 0 spiro atoms. The molecule has 3 aromatic carbocycles. The van der Waals surface area contributed by atoms with E-state index < -0.39 is 17.4 Å². The number of fused-ring (bicyclic) bond motifs is 1. The Morgan fingerprint density at radius 2 is 1.55 bits per heavy atom. The lowest BCUT2D eigenvalue weighted by atomic mass is 9.88. The summed E-state index contributed by atoms with van der Waals surface area (Å²) in [6, 6.07) is 22.5. The summed E-state index contributed by atoms with van der Waals surface area (Å²) < 4.78 is 0. The molecule has 1 aliphatic rings. The van der Waals surface area contributed by atoms with E-state index in [0.717, 1.165) is 22.3 Å². The van der Waals surface area contributed by atoms with E-state index in [-0.39, 0.29) is 12.8 Å². The van der Waals surface area contributed by atoms with Gasteiger partial charge >= 0.3 is 5.97 Å². The quantitative estimate of drug-likeness (QED) is 0.668. The van der Waals surface area contributed by atoms with Crippen molar-refractivity contribution in [2.45, 2.75) is 24.8 Å². The number of aliphatic carboxylic acids is 1. The lowest BCUT2D eigenvalue weighted by Crippen LogP contribution is -2.55. The SMILES string of the molecule is [B]c1ccc(C(=O)NC2(C(=O)O)Cc3ccccc3C2)c(Cc2ccccc2)c1. The lowest BCUT2D eigenvalue weighted by Gasteiger charge is -2.26. The standard InChI is InChI=1S/C24H20BNO3/c25-20-10-11-21(19(13-20)12-16-6-2-1-3-7-16)22(27)26-24(23(28)29)14-17-8-4-5-9-18(17)15-24/h1-11,13H,12,14-15H2,(H,26,27)(H,28,29). The highest BCUT2D eigenvalue weighted by Gasteiger charge is 2.45. The van der Waals surface area contributed by atoms with Crippen LogP contribution in [-0.4, -0.2) is 30.4 Å². The van der Waals surface area contributed by atoms with E-state index in [1.54, 1.807) is 18.2 Å². The summed E-state index contributed by atoms with van der Waals surface area (Å²) in [7, 11) is 5.95. The first-order valence-electron chi connectivity index (χ1n) is 9.52. The van der Waals surface area contributed by atoms with Gasteiger partial charge in [-0.2, -0.15) is 0 Å². The van der Waals surface area contributed by atoms with Crippen LogP contribution in [0.25, 0.3) is 0 Å². The van der Waals surface area contributed by atoms with E-state index in [0.29, 0.717) is 17.4 Å². The van der Waals surface area contributed by atoms with Gasteiger partial charge in [0, 0.05) is 18.4 Å². The molecule has 29 heavy (non-hydrogen) atoms. The minimum Gasteiger partial charge on any atom is -0.479 e. The van der Waals surface area contributed by atoms with Gasteiger partial charge in [-0.1, -0.05) is 72.2 Å². The van der Waals surface area contributed by atoms with Crippen LogP contribution in [0.4, 0.5) is 0 Å². The van der Waals surface area contributed by atoms with Crippen LogP contribution in [0.1, 0.15) is 32.6 Å². The van der Waals surface area contributed by atoms with Crippen molar-refractivity contribution in [3.8, 4) is 0 Å². The first-order valence-corrected chi connectivity index (χ1v) is 9.52. The third-order valence-electron chi connectivity index (χ3n) is 5.48. The number of carboxylic acids is 1. The van der Waals surface area contributed by atoms with Gasteiger partial charge < -0.3 is 10.4 Å². The maximum Gasteiger partial charge on any atom is 0.330 e. The molecule has 2 radical (unpaired) electrons. The molecule has 0 fully saturated rings. The average Bonchev–Trinajstić information content (AvgIpc) is 3.08. The predicted molar refractivity (Wildman–Crippen MR) is 113 cm³/mol. The third-order valence-corrected chi connectivity index (χ3v) is 5.48. The van der Waals surface area contributed by atoms with Gasteiger partial charge in [0.05, 0.1) is 0 Å². The van der Waals surface area contributed by atoms with Gasteiger partial charge in [-0.25, -0.2) is 4.79 Å². The van der Waals surface area contributed by atoms with Crippen molar-refractivity contribution in [3.63, 3.8) is 0 Å². The second-order valence-electron chi connectivity index (χ2n) is 7.54. The molecule has 0 saturated carbocycles. The van der Waals surface area contributed by atoms with Crippen LogP contribution in [0.2, 0.25) is 0 Å². The normalized spacial score (nSPS) is 14.2. The molecule has 0 aliphatic heterocycles. The van der Waals surface area contributed by atoms with Gasteiger partial charge in [-0.15, -0.1) is 0 Å². The minimum absolute atomic E-state index is 0.271. The van der Waals surface area contributed by atoms with Gasteiger partial charge in [0.1, 0.15) is 13.4 Å². The van der Waals surface area contributed by atoms with Gasteiger partial charge in [-0.3, -0.25) is 4.79 Å². The Morgan fingerprint density at radius 3 is 2.17 bits per heavy atom. The Balaban J connectivity index is 1.64. The Kier molecular flexibility index (Phi) is 4.97. The molecule has 1 aliphatic carbocycles. The molecular weight excluding hydrogens is 361 g/mol. The van der Waals surface area contributed by atoms with Crippen molar-refractivity contribution < 1.29 is 14.7 Å². The highest BCUT2D eigenvalue weighted by molar-refractivity contribution is 6.32. The number of benzene rings is 3. The summed E-state index contributed by atoms with van der Waals surface area (Å²) in [5, 5.41) is 12.8. The zero-order chi connectivity index (χ0) is 20.4. The molecule has 142 valence electrons. The predicted octanol–water partition coefficient (Wildman–Crippen LogP) is 2.42. The summed E-state index contributed by atoms with van der Waals surface area (Å²) in [5.74, 6) is -1.42. The van der Waals surface area contributed by atoms with Crippen molar-refractivity contribution in [2.75, 3.05) is 0 Å². The molecular formula is C24H20BNO3. The molecule has 0 atom stereocenters. The molecule has 1 amide bonds. The maximum atomic E-state index is 13.2. The molecule has 0 heterocycles. The van der Waals surface area contributed by atoms with Crippen molar-refractivity contribution in [3.05, 3.63) is 101 Å². The average molecular weight is 381 g/mol. The van der Waals surface area contributed by atoms with Crippen LogP contribution >= 0.6 is 0 Å². The van der Waals surface area contributed by atoms with E-state index in [9.17, 15) is 14.7 Å². The highest BCUT2D eigenvalue weighted by Crippen LogP contribution is 2.31. The van der Waals surface area contributed by atoms with Crippen LogP contribution in [0.3, 0.4) is 0 Å².